The van der Waals surface area contributed by atoms with Crippen LogP contribution in [0.15, 0.2) is 77.4 Å². The van der Waals surface area contributed by atoms with Gasteiger partial charge in [0.25, 0.3) is 11.8 Å². The molecule has 3 N–H and O–H groups in total. The van der Waals surface area contributed by atoms with E-state index in [9.17, 15) is 19.1 Å². The zero-order valence-corrected chi connectivity index (χ0v) is 21.7. The minimum absolute atomic E-state index is 0.0265. The highest BCUT2D eigenvalue weighted by Gasteiger charge is 2.23. The van der Waals surface area contributed by atoms with Crippen molar-refractivity contribution in [1.29, 1.82) is 0 Å². The number of aromatic amines is 1. The van der Waals surface area contributed by atoms with Crippen molar-refractivity contribution in [2.24, 2.45) is 0 Å². The number of nitrogens with zero attached hydrogens (tertiary/aromatic N) is 2. The Balaban J connectivity index is 1.29. The van der Waals surface area contributed by atoms with Gasteiger partial charge in [0, 0.05) is 34.3 Å². The van der Waals surface area contributed by atoms with Crippen molar-refractivity contribution in [2.75, 3.05) is 0 Å². The SMILES string of the molecule is Cc1ccc(-c2nc(-c3ccc(CC(NC(=O)c4cc(-c5ccc(Cl)cc5F)c[nH]4)C(=O)O)cc3F)no2)cc1. The molecule has 0 aliphatic heterocycles. The van der Waals surface area contributed by atoms with Crippen LogP contribution in [0.4, 0.5) is 8.78 Å². The maximum atomic E-state index is 15.0. The normalized spacial score (nSPS) is 11.8. The lowest BCUT2D eigenvalue weighted by Gasteiger charge is -2.14. The first-order valence-corrected chi connectivity index (χ1v) is 12.4. The molecule has 1 amide bonds. The molecule has 202 valence electrons. The number of carboxylic acids is 1. The Morgan fingerprint density at radius 2 is 1.73 bits per heavy atom. The fourth-order valence-corrected chi connectivity index (χ4v) is 4.25. The number of carbonyl (C=O) groups excluding carboxylic acids is 1. The Hall–Kier alpha value is -4.83. The molecule has 8 nitrogen and oxygen atoms in total. The van der Waals surface area contributed by atoms with Crippen molar-refractivity contribution >= 4 is 23.5 Å². The highest BCUT2D eigenvalue weighted by molar-refractivity contribution is 6.30. The van der Waals surface area contributed by atoms with Gasteiger partial charge in [-0.3, -0.25) is 4.79 Å². The third-order valence-corrected chi connectivity index (χ3v) is 6.45. The van der Waals surface area contributed by atoms with E-state index in [1.165, 1.54) is 36.5 Å². The predicted octanol–water partition coefficient (Wildman–Crippen LogP) is 6.06. The van der Waals surface area contributed by atoms with Crippen molar-refractivity contribution in [3.05, 3.63) is 106 Å². The smallest absolute Gasteiger partial charge is 0.326 e. The number of amides is 1. The first kappa shape index (κ1) is 26.8. The number of aryl methyl sites for hydroxylation is 1. The van der Waals surface area contributed by atoms with Gasteiger partial charge in [-0.15, -0.1) is 0 Å². The Morgan fingerprint density at radius 3 is 2.42 bits per heavy atom. The number of nitrogens with one attached hydrogen (secondary N) is 2. The fourth-order valence-electron chi connectivity index (χ4n) is 4.09. The largest absolute Gasteiger partial charge is 0.480 e. The molecule has 0 radical (unpaired) electrons. The monoisotopic (exact) mass is 562 g/mol. The Morgan fingerprint density at radius 1 is 1.00 bits per heavy atom. The molecule has 5 aromatic rings. The van der Waals surface area contributed by atoms with Gasteiger partial charge in [0.05, 0.1) is 5.56 Å². The van der Waals surface area contributed by atoms with Crippen LogP contribution in [0.1, 0.15) is 21.6 Å². The van der Waals surface area contributed by atoms with E-state index in [1.54, 1.807) is 0 Å². The zero-order chi connectivity index (χ0) is 28.4. The summed E-state index contributed by atoms with van der Waals surface area (Å²) in [5, 5.41) is 16.2. The Kier molecular flexibility index (Phi) is 7.43. The third kappa shape index (κ3) is 5.76. The van der Waals surface area contributed by atoms with Crippen molar-refractivity contribution < 1.29 is 28.0 Å². The van der Waals surface area contributed by atoms with E-state index >= 15 is 4.39 Å². The molecule has 11 heteroatoms. The summed E-state index contributed by atoms with van der Waals surface area (Å²) < 4.78 is 34.5. The summed E-state index contributed by atoms with van der Waals surface area (Å²) in [4.78, 5) is 31.6. The third-order valence-electron chi connectivity index (χ3n) is 6.21. The summed E-state index contributed by atoms with van der Waals surface area (Å²) in [5.41, 5.74) is 2.79. The van der Waals surface area contributed by atoms with Gasteiger partial charge < -0.3 is 19.9 Å². The molecule has 5 rings (SSSR count). The van der Waals surface area contributed by atoms with Crippen LogP contribution in [0.5, 0.6) is 0 Å². The predicted molar refractivity (Wildman–Crippen MR) is 144 cm³/mol. The molecular formula is C29H21ClF2N4O4. The molecule has 0 saturated heterocycles. The number of carbonyl (C=O) groups is 2. The molecule has 0 saturated carbocycles. The van der Waals surface area contributed by atoms with Gasteiger partial charge >= 0.3 is 5.97 Å². The Bertz CT molecular complexity index is 1720. The lowest BCUT2D eigenvalue weighted by Crippen LogP contribution is -2.42. The molecule has 0 bridgehead atoms. The zero-order valence-electron chi connectivity index (χ0n) is 20.9. The van der Waals surface area contributed by atoms with Crippen molar-refractivity contribution in [2.45, 2.75) is 19.4 Å². The van der Waals surface area contributed by atoms with Gasteiger partial charge in [-0.1, -0.05) is 40.5 Å². The van der Waals surface area contributed by atoms with Crippen LogP contribution in [0.3, 0.4) is 0 Å². The molecule has 3 aromatic carbocycles. The second-order valence-electron chi connectivity index (χ2n) is 9.10. The molecule has 1 unspecified atom stereocenters. The van der Waals surface area contributed by atoms with Crippen LogP contribution in [-0.4, -0.2) is 38.1 Å². The van der Waals surface area contributed by atoms with Gasteiger partial charge in [0.15, 0.2) is 0 Å². The topological polar surface area (TPSA) is 121 Å². The number of hydrogen-bond acceptors (Lipinski definition) is 5. The van der Waals surface area contributed by atoms with Crippen LogP contribution in [0.2, 0.25) is 5.02 Å². The summed E-state index contributed by atoms with van der Waals surface area (Å²) >= 11 is 5.79. The van der Waals surface area contributed by atoms with Crippen molar-refractivity contribution in [3.8, 4) is 34.0 Å². The molecular weight excluding hydrogens is 542 g/mol. The molecule has 2 heterocycles. The molecule has 0 spiro atoms. The van der Waals surface area contributed by atoms with Crippen LogP contribution in [0.25, 0.3) is 34.0 Å². The summed E-state index contributed by atoms with van der Waals surface area (Å²) in [6.45, 7) is 1.95. The first-order chi connectivity index (χ1) is 19.2. The summed E-state index contributed by atoms with van der Waals surface area (Å²) in [6, 6.07) is 15.7. The van der Waals surface area contributed by atoms with E-state index in [2.05, 4.69) is 20.4 Å². The number of carboxylic acid groups (broad SMARTS) is 1. The number of aliphatic carboxylic acids is 1. The standard InChI is InChI=1S/C29H21ClF2N4O4/c1-15-2-5-17(6-3-15)28-35-26(36-40-28)21-8-4-16(10-22(21)31)11-25(29(38)39)34-27(37)24-12-18(14-33-24)20-9-7-19(30)13-23(20)32/h2-10,12-14,25,33H,11H2,1H3,(H,34,37)(H,38,39). The summed E-state index contributed by atoms with van der Waals surface area (Å²) in [6.07, 6.45) is 1.23. The number of hydrogen-bond donors (Lipinski definition) is 3. The van der Waals surface area contributed by atoms with E-state index in [0.29, 0.717) is 16.7 Å². The highest BCUT2D eigenvalue weighted by Crippen LogP contribution is 2.27. The number of halogens is 3. The second-order valence-corrected chi connectivity index (χ2v) is 9.53. The van der Waals surface area contributed by atoms with Gasteiger partial charge in [0.1, 0.15) is 23.4 Å². The second kappa shape index (κ2) is 11.1. The van der Waals surface area contributed by atoms with Gasteiger partial charge in [-0.2, -0.15) is 4.98 Å². The quantitative estimate of drug-likeness (QED) is 0.211. The van der Waals surface area contributed by atoms with Crippen molar-refractivity contribution in [3.63, 3.8) is 0 Å². The lowest BCUT2D eigenvalue weighted by atomic mass is 10.0. The van der Waals surface area contributed by atoms with Crippen LogP contribution in [-0.2, 0) is 11.2 Å². The number of rotatable bonds is 8. The van der Waals surface area contributed by atoms with Crippen LogP contribution < -0.4 is 5.32 Å². The van der Waals surface area contributed by atoms with Crippen LogP contribution in [0, 0.1) is 18.6 Å². The molecule has 0 aliphatic rings. The van der Waals surface area contributed by atoms with Crippen molar-refractivity contribution in [1.82, 2.24) is 20.4 Å². The van der Waals surface area contributed by atoms with Gasteiger partial charge in [0.2, 0.25) is 5.82 Å². The highest BCUT2D eigenvalue weighted by atomic mass is 35.5. The summed E-state index contributed by atoms with van der Waals surface area (Å²) in [5.74, 6) is -3.00. The first-order valence-electron chi connectivity index (χ1n) is 12.0. The maximum absolute atomic E-state index is 15.0. The minimum atomic E-state index is -1.37. The molecule has 40 heavy (non-hydrogen) atoms. The van der Waals surface area contributed by atoms with Crippen LogP contribution >= 0.6 is 11.6 Å². The van der Waals surface area contributed by atoms with E-state index < -0.39 is 29.6 Å². The number of benzene rings is 3. The Labute approximate surface area is 231 Å². The lowest BCUT2D eigenvalue weighted by molar-refractivity contribution is -0.139. The average molecular weight is 563 g/mol. The molecule has 2 aromatic heterocycles. The minimum Gasteiger partial charge on any atom is -0.480 e. The van der Waals surface area contributed by atoms with Gasteiger partial charge in [-0.05, 0) is 61.0 Å². The fraction of sp³-hybridized carbons (Fsp3) is 0.103. The van der Waals surface area contributed by atoms with Gasteiger partial charge in [-0.25, -0.2) is 13.6 Å². The van der Waals surface area contributed by atoms with E-state index in [0.717, 1.165) is 17.7 Å². The van der Waals surface area contributed by atoms with E-state index in [-0.39, 0.29) is 40.0 Å². The average Bonchev–Trinajstić information content (AvgIpc) is 3.60. The van der Waals surface area contributed by atoms with E-state index in [4.69, 9.17) is 16.1 Å². The molecule has 1 atom stereocenters. The maximum Gasteiger partial charge on any atom is 0.326 e. The molecule has 0 aliphatic carbocycles. The summed E-state index contributed by atoms with van der Waals surface area (Å²) in [7, 11) is 0. The number of aromatic nitrogens is 3. The van der Waals surface area contributed by atoms with E-state index in [1.807, 2.05) is 31.2 Å². The molecule has 0 fully saturated rings. The number of H-pyrrole nitrogens is 1.